The van der Waals surface area contributed by atoms with Crippen LogP contribution in [0.1, 0.15) is 12.5 Å². The summed E-state index contributed by atoms with van der Waals surface area (Å²) in [6, 6.07) is 13.0. The summed E-state index contributed by atoms with van der Waals surface area (Å²) >= 11 is 6.01. The maximum absolute atomic E-state index is 13.1. The lowest BCUT2D eigenvalue weighted by atomic mass is 10.1. The molecule has 1 aliphatic rings. The lowest BCUT2D eigenvalue weighted by Gasteiger charge is -2.38. The fraction of sp³-hybridized carbons (Fsp3) is 0.300. The molecule has 1 N–H and O–H groups in total. The van der Waals surface area contributed by atoms with Crippen LogP contribution in [0.4, 0.5) is 15.8 Å². The number of halogens is 2. The lowest BCUT2D eigenvalue weighted by molar-refractivity contribution is -0.120. The van der Waals surface area contributed by atoms with Gasteiger partial charge < -0.3 is 10.2 Å². The predicted molar refractivity (Wildman–Crippen MR) is 104 cm³/mol. The van der Waals surface area contributed by atoms with E-state index in [4.69, 9.17) is 16.9 Å². The average molecular weight is 387 g/mol. The Morgan fingerprint density at radius 3 is 2.44 bits per heavy atom. The molecular formula is C20H20ClFN4O. The van der Waals surface area contributed by atoms with Crippen LogP contribution in [0.15, 0.2) is 42.5 Å². The van der Waals surface area contributed by atoms with Crippen LogP contribution in [-0.4, -0.2) is 43.0 Å². The van der Waals surface area contributed by atoms with Gasteiger partial charge in [0.2, 0.25) is 5.91 Å². The monoisotopic (exact) mass is 386 g/mol. The summed E-state index contributed by atoms with van der Waals surface area (Å²) in [5.41, 5.74) is 1.93. The van der Waals surface area contributed by atoms with Crippen molar-refractivity contribution in [3.8, 4) is 6.07 Å². The molecule has 1 atom stereocenters. The van der Waals surface area contributed by atoms with Crippen LogP contribution in [-0.2, 0) is 4.79 Å². The molecule has 1 fully saturated rings. The quantitative estimate of drug-likeness (QED) is 0.873. The van der Waals surface area contributed by atoms with Gasteiger partial charge in [-0.05, 0) is 49.4 Å². The van der Waals surface area contributed by atoms with E-state index in [0.29, 0.717) is 16.3 Å². The van der Waals surface area contributed by atoms with Gasteiger partial charge in [0.25, 0.3) is 0 Å². The minimum atomic E-state index is -0.296. The van der Waals surface area contributed by atoms with Crippen molar-refractivity contribution in [3.63, 3.8) is 0 Å². The molecular weight excluding hydrogens is 367 g/mol. The summed E-state index contributed by atoms with van der Waals surface area (Å²) in [5.74, 6) is -0.364. The molecule has 2 aromatic rings. The molecule has 0 spiro atoms. The molecule has 3 rings (SSSR count). The van der Waals surface area contributed by atoms with Crippen molar-refractivity contribution in [2.75, 3.05) is 36.4 Å². The van der Waals surface area contributed by atoms with Crippen LogP contribution in [0.25, 0.3) is 0 Å². The highest BCUT2D eigenvalue weighted by Crippen LogP contribution is 2.21. The Morgan fingerprint density at radius 2 is 1.85 bits per heavy atom. The molecule has 1 heterocycles. The Morgan fingerprint density at radius 1 is 1.19 bits per heavy atom. The molecule has 7 heteroatoms. The van der Waals surface area contributed by atoms with E-state index < -0.39 is 0 Å². The van der Waals surface area contributed by atoms with Crippen LogP contribution in [0.3, 0.4) is 0 Å². The van der Waals surface area contributed by atoms with Gasteiger partial charge in [0, 0.05) is 37.6 Å². The van der Waals surface area contributed by atoms with Crippen LogP contribution in [0.2, 0.25) is 5.02 Å². The van der Waals surface area contributed by atoms with Gasteiger partial charge in [0.1, 0.15) is 11.9 Å². The van der Waals surface area contributed by atoms with Crippen molar-refractivity contribution >= 4 is 28.9 Å². The van der Waals surface area contributed by atoms with Crippen LogP contribution < -0.4 is 10.2 Å². The third-order valence-electron chi connectivity index (χ3n) is 4.79. The van der Waals surface area contributed by atoms with E-state index in [9.17, 15) is 9.18 Å². The number of benzene rings is 2. The fourth-order valence-electron chi connectivity index (χ4n) is 3.12. The molecule has 0 unspecified atom stereocenters. The van der Waals surface area contributed by atoms with E-state index in [-0.39, 0.29) is 17.8 Å². The van der Waals surface area contributed by atoms with Crippen molar-refractivity contribution in [1.29, 1.82) is 5.26 Å². The third kappa shape index (κ3) is 4.57. The van der Waals surface area contributed by atoms with E-state index >= 15 is 0 Å². The maximum atomic E-state index is 13.1. The standard InChI is InChI=1S/C20H20ClFN4O/c1-14(20(27)24-17-5-2-15(13-23)19(21)12-17)25-8-10-26(11-9-25)18-6-3-16(22)4-7-18/h2-7,12,14H,8-11H2,1H3,(H,24,27)/t14-/m0/s1. The predicted octanol–water partition coefficient (Wildman–Crippen LogP) is 3.50. The normalized spacial score (nSPS) is 15.9. The summed E-state index contributed by atoms with van der Waals surface area (Å²) in [5, 5.41) is 12.1. The minimum Gasteiger partial charge on any atom is -0.369 e. The first-order valence-corrected chi connectivity index (χ1v) is 9.11. The summed E-state index contributed by atoms with van der Waals surface area (Å²) in [6.07, 6.45) is 0. The van der Waals surface area contributed by atoms with Gasteiger partial charge in [-0.2, -0.15) is 5.26 Å². The number of carbonyl (C=O) groups excluding carboxylic acids is 1. The third-order valence-corrected chi connectivity index (χ3v) is 5.10. The van der Waals surface area contributed by atoms with Crippen LogP contribution in [0, 0.1) is 17.1 Å². The molecule has 140 valence electrons. The Hall–Kier alpha value is -2.62. The summed E-state index contributed by atoms with van der Waals surface area (Å²) < 4.78 is 13.1. The van der Waals surface area contributed by atoms with Crippen molar-refractivity contribution in [2.24, 2.45) is 0 Å². The Bertz CT molecular complexity index is 857. The molecule has 0 radical (unpaired) electrons. The number of nitriles is 1. The van der Waals surface area contributed by atoms with E-state index in [1.165, 1.54) is 12.1 Å². The average Bonchev–Trinajstić information content (AvgIpc) is 2.68. The number of hydrogen-bond acceptors (Lipinski definition) is 4. The fourth-order valence-corrected chi connectivity index (χ4v) is 3.34. The highest BCUT2D eigenvalue weighted by atomic mass is 35.5. The number of carbonyl (C=O) groups is 1. The summed E-state index contributed by atoms with van der Waals surface area (Å²) in [7, 11) is 0. The van der Waals surface area contributed by atoms with Gasteiger partial charge >= 0.3 is 0 Å². The van der Waals surface area contributed by atoms with E-state index in [0.717, 1.165) is 31.9 Å². The van der Waals surface area contributed by atoms with E-state index in [2.05, 4.69) is 15.1 Å². The van der Waals surface area contributed by atoms with Gasteiger partial charge in [-0.1, -0.05) is 11.6 Å². The number of anilines is 2. The molecule has 0 aliphatic carbocycles. The number of piperazine rings is 1. The van der Waals surface area contributed by atoms with Gasteiger partial charge in [-0.25, -0.2) is 4.39 Å². The lowest BCUT2D eigenvalue weighted by Crippen LogP contribution is -2.52. The maximum Gasteiger partial charge on any atom is 0.241 e. The van der Waals surface area contributed by atoms with Crippen LogP contribution in [0.5, 0.6) is 0 Å². The van der Waals surface area contributed by atoms with Crippen molar-refractivity contribution in [1.82, 2.24) is 4.90 Å². The van der Waals surface area contributed by atoms with Gasteiger partial charge in [0.15, 0.2) is 0 Å². The molecule has 2 aromatic carbocycles. The molecule has 27 heavy (non-hydrogen) atoms. The Balaban J connectivity index is 1.56. The minimum absolute atomic E-state index is 0.119. The zero-order valence-corrected chi connectivity index (χ0v) is 15.7. The highest BCUT2D eigenvalue weighted by molar-refractivity contribution is 6.32. The first-order valence-electron chi connectivity index (χ1n) is 8.73. The molecule has 0 bridgehead atoms. The number of nitrogens with one attached hydrogen (secondary N) is 1. The number of nitrogens with zero attached hydrogens (tertiary/aromatic N) is 3. The molecule has 5 nitrogen and oxygen atoms in total. The second-order valence-corrected chi connectivity index (χ2v) is 6.88. The molecule has 1 aliphatic heterocycles. The van der Waals surface area contributed by atoms with Crippen molar-refractivity contribution in [3.05, 3.63) is 58.9 Å². The van der Waals surface area contributed by atoms with Gasteiger partial charge in [-0.15, -0.1) is 0 Å². The first-order chi connectivity index (χ1) is 13.0. The zero-order valence-electron chi connectivity index (χ0n) is 15.0. The molecule has 0 aromatic heterocycles. The summed E-state index contributed by atoms with van der Waals surface area (Å²) in [4.78, 5) is 16.8. The van der Waals surface area contributed by atoms with Gasteiger partial charge in [-0.3, -0.25) is 9.69 Å². The molecule has 0 saturated carbocycles. The number of hydrogen-bond donors (Lipinski definition) is 1. The highest BCUT2D eigenvalue weighted by Gasteiger charge is 2.25. The summed E-state index contributed by atoms with van der Waals surface area (Å²) in [6.45, 7) is 4.88. The largest absolute Gasteiger partial charge is 0.369 e. The first kappa shape index (κ1) is 19.2. The second kappa shape index (κ2) is 8.38. The van der Waals surface area contributed by atoms with Gasteiger partial charge in [0.05, 0.1) is 16.6 Å². The van der Waals surface area contributed by atoms with E-state index in [1.54, 1.807) is 30.3 Å². The number of amides is 1. The smallest absolute Gasteiger partial charge is 0.241 e. The molecule has 1 amide bonds. The Labute approximate surface area is 162 Å². The van der Waals surface area contributed by atoms with Crippen molar-refractivity contribution in [2.45, 2.75) is 13.0 Å². The second-order valence-electron chi connectivity index (χ2n) is 6.47. The van der Waals surface area contributed by atoms with Crippen molar-refractivity contribution < 1.29 is 9.18 Å². The number of rotatable bonds is 4. The zero-order chi connectivity index (χ0) is 19.4. The van der Waals surface area contributed by atoms with Crippen LogP contribution >= 0.6 is 11.6 Å². The SMILES string of the molecule is C[C@@H](C(=O)Nc1ccc(C#N)c(Cl)c1)N1CCN(c2ccc(F)cc2)CC1. The Kier molecular flexibility index (Phi) is 5.94. The topological polar surface area (TPSA) is 59.4 Å². The molecule has 1 saturated heterocycles. The van der Waals surface area contributed by atoms with E-state index in [1.807, 2.05) is 13.0 Å².